The Kier molecular flexibility index (Phi) is 3.73. The summed E-state index contributed by atoms with van der Waals surface area (Å²) >= 11 is 5.98. The summed E-state index contributed by atoms with van der Waals surface area (Å²) in [6, 6.07) is 7.24. The highest BCUT2D eigenvalue weighted by Gasteiger charge is 2.47. The molecular weight excluding hydrogens is 328 g/mol. The monoisotopic (exact) mass is 342 g/mol. The van der Waals surface area contributed by atoms with Crippen LogP contribution < -0.4 is 0 Å². The van der Waals surface area contributed by atoms with Crippen LogP contribution in [-0.4, -0.2) is 21.7 Å². The molecule has 2 amide bonds. The number of hydrogen-bond acceptors (Lipinski definition) is 4. The molecule has 6 heteroatoms. The summed E-state index contributed by atoms with van der Waals surface area (Å²) in [4.78, 5) is 30.4. The third-order valence-electron chi connectivity index (χ3n) is 4.55. The molecule has 2 aromatic rings. The average molecular weight is 343 g/mol. The topological polar surface area (TPSA) is 63.4 Å². The van der Waals surface area contributed by atoms with Gasteiger partial charge in [0.25, 0.3) is 0 Å². The smallest absolute Gasteiger partial charge is 0.233 e. The van der Waals surface area contributed by atoms with Crippen molar-refractivity contribution in [3.8, 4) is 11.3 Å². The summed E-state index contributed by atoms with van der Waals surface area (Å²) in [6.45, 7) is 0.0746. The molecule has 2 heterocycles. The maximum Gasteiger partial charge on any atom is 0.233 e. The van der Waals surface area contributed by atoms with Gasteiger partial charge in [-0.2, -0.15) is 0 Å². The van der Waals surface area contributed by atoms with E-state index in [0.717, 1.165) is 5.56 Å². The molecule has 0 N–H and O–H groups in total. The Bertz CT molecular complexity index is 816. The molecule has 2 atom stereocenters. The number of halogens is 1. The lowest BCUT2D eigenvalue weighted by atomic mass is 9.85. The van der Waals surface area contributed by atoms with Gasteiger partial charge in [0.2, 0.25) is 17.7 Å². The van der Waals surface area contributed by atoms with Crippen molar-refractivity contribution in [3.05, 3.63) is 53.5 Å². The number of carbonyl (C=O) groups excluding carboxylic acids is 2. The van der Waals surface area contributed by atoms with Gasteiger partial charge in [0.1, 0.15) is 6.54 Å². The van der Waals surface area contributed by atoms with E-state index in [0.29, 0.717) is 29.5 Å². The summed E-state index contributed by atoms with van der Waals surface area (Å²) in [6.07, 6.45) is 6.78. The summed E-state index contributed by atoms with van der Waals surface area (Å²) in [5.74, 6) is 0.187. The second-order valence-corrected chi connectivity index (χ2v) is 6.48. The van der Waals surface area contributed by atoms with Crippen molar-refractivity contribution in [2.24, 2.45) is 11.8 Å². The molecule has 1 aromatic heterocycles. The van der Waals surface area contributed by atoms with Crippen molar-refractivity contribution in [3.63, 3.8) is 0 Å². The average Bonchev–Trinajstić information content (AvgIpc) is 3.15. The van der Waals surface area contributed by atoms with E-state index in [1.165, 1.54) is 4.90 Å². The highest BCUT2D eigenvalue weighted by molar-refractivity contribution is 6.30. The lowest BCUT2D eigenvalue weighted by molar-refractivity contribution is -0.140. The molecule has 0 saturated carbocycles. The molecule has 1 fully saturated rings. The maximum absolute atomic E-state index is 12.5. The van der Waals surface area contributed by atoms with Gasteiger partial charge in [0, 0.05) is 10.6 Å². The van der Waals surface area contributed by atoms with Crippen LogP contribution in [0.1, 0.15) is 18.7 Å². The first-order chi connectivity index (χ1) is 11.6. The third kappa shape index (κ3) is 2.55. The van der Waals surface area contributed by atoms with Crippen LogP contribution in [0.15, 0.2) is 47.0 Å². The highest BCUT2D eigenvalue weighted by atomic mass is 35.5. The van der Waals surface area contributed by atoms with Gasteiger partial charge >= 0.3 is 0 Å². The van der Waals surface area contributed by atoms with Gasteiger partial charge in [-0.1, -0.05) is 35.9 Å². The molecule has 0 radical (unpaired) electrons. The molecular formula is C18H15ClN2O3. The second-order valence-electron chi connectivity index (χ2n) is 6.05. The normalized spacial score (nSPS) is 23.0. The van der Waals surface area contributed by atoms with E-state index < -0.39 is 0 Å². The van der Waals surface area contributed by atoms with Gasteiger partial charge in [-0.15, -0.1) is 0 Å². The Balaban J connectivity index is 1.54. The van der Waals surface area contributed by atoms with Crippen molar-refractivity contribution in [1.82, 2.24) is 9.88 Å². The molecule has 1 aromatic carbocycles. The largest absolute Gasteiger partial charge is 0.439 e. The lowest BCUT2D eigenvalue weighted by Gasteiger charge is -2.14. The number of oxazole rings is 1. The molecule has 2 aliphatic rings. The molecule has 0 bridgehead atoms. The molecule has 24 heavy (non-hydrogen) atoms. The molecule has 5 nitrogen and oxygen atoms in total. The first kappa shape index (κ1) is 15.1. The molecule has 0 spiro atoms. The summed E-state index contributed by atoms with van der Waals surface area (Å²) < 4.78 is 5.71. The van der Waals surface area contributed by atoms with Crippen molar-refractivity contribution < 1.29 is 14.0 Å². The summed E-state index contributed by atoms with van der Waals surface area (Å²) in [5.41, 5.74) is 0.804. The highest BCUT2D eigenvalue weighted by Crippen LogP contribution is 2.36. The minimum atomic E-state index is -0.232. The van der Waals surface area contributed by atoms with E-state index >= 15 is 0 Å². The third-order valence-corrected chi connectivity index (χ3v) is 4.79. The van der Waals surface area contributed by atoms with Gasteiger partial charge in [0.05, 0.1) is 18.0 Å². The first-order valence-electron chi connectivity index (χ1n) is 7.84. The predicted molar refractivity (Wildman–Crippen MR) is 87.9 cm³/mol. The van der Waals surface area contributed by atoms with E-state index in [1.807, 2.05) is 24.3 Å². The molecule has 4 rings (SSSR count). The lowest BCUT2D eigenvalue weighted by Crippen LogP contribution is -2.30. The Morgan fingerprint density at radius 1 is 1.17 bits per heavy atom. The van der Waals surface area contributed by atoms with Crippen LogP contribution in [0.25, 0.3) is 11.3 Å². The summed E-state index contributed by atoms with van der Waals surface area (Å²) in [7, 11) is 0. The number of carbonyl (C=O) groups is 2. The minimum absolute atomic E-state index is 0.0746. The Hall–Kier alpha value is -2.40. The second kappa shape index (κ2) is 5.91. The van der Waals surface area contributed by atoms with Crippen molar-refractivity contribution in [2.75, 3.05) is 0 Å². The van der Waals surface area contributed by atoms with E-state index in [1.54, 1.807) is 18.3 Å². The van der Waals surface area contributed by atoms with Crippen molar-refractivity contribution in [2.45, 2.75) is 19.4 Å². The van der Waals surface area contributed by atoms with Crippen LogP contribution in [0.3, 0.4) is 0 Å². The predicted octanol–water partition coefficient (Wildman–Crippen LogP) is 3.45. The van der Waals surface area contributed by atoms with Gasteiger partial charge in [-0.3, -0.25) is 14.5 Å². The van der Waals surface area contributed by atoms with Gasteiger partial charge < -0.3 is 4.42 Å². The first-order valence-corrected chi connectivity index (χ1v) is 8.22. The number of amides is 2. The number of likely N-dealkylation sites (tertiary alicyclic amines) is 1. The number of nitrogens with zero attached hydrogens (tertiary/aromatic N) is 2. The fourth-order valence-electron chi connectivity index (χ4n) is 3.32. The molecule has 1 aliphatic carbocycles. The van der Waals surface area contributed by atoms with Crippen LogP contribution in [0.2, 0.25) is 5.02 Å². The van der Waals surface area contributed by atoms with Crippen LogP contribution in [-0.2, 0) is 16.1 Å². The SMILES string of the molecule is O=C1[C@H]2CC=CC[C@@H]2C(=O)N1Cc1ncc(-c2cccc(Cl)c2)o1. The standard InChI is InChI=1S/C18H15ClN2O3/c19-12-5-3-4-11(8-12)15-9-20-16(24-15)10-21-17(22)13-6-1-2-7-14(13)18(21)23/h1-5,8-9,13-14H,6-7,10H2/t13-,14-/m0/s1. The quantitative estimate of drug-likeness (QED) is 0.633. The number of benzene rings is 1. The van der Waals surface area contributed by atoms with E-state index in [4.69, 9.17) is 16.0 Å². The number of hydrogen-bond donors (Lipinski definition) is 0. The molecule has 122 valence electrons. The van der Waals surface area contributed by atoms with E-state index in [-0.39, 0.29) is 30.2 Å². The fourth-order valence-corrected chi connectivity index (χ4v) is 3.51. The zero-order valence-electron chi connectivity index (χ0n) is 12.8. The summed E-state index contributed by atoms with van der Waals surface area (Å²) in [5, 5.41) is 0.604. The number of aromatic nitrogens is 1. The van der Waals surface area contributed by atoms with Crippen molar-refractivity contribution in [1.29, 1.82) is 0 Å². The minimum Gasteiger partial charge on any atom is -0.439 e. The Morgan fingerprint density at radius 3 is 2.54 bits per heavy atom. The van der Waals surface area contributed by atoms with Crippen molar-refractivity contribution >= 4 is 23.4 Å². The number of imide groups is 1. The van der Waals surface area contributed by atoms with E-state index in [9.17, 15) is 9.59 Å². The zero-order valence-corrected chi connectivity index (χ0v) is 13.6. The number of fused-ring (bicyclic) bond motifs is 1. The van der Waals surface area contributed by atoms with Crippen LogP contribution >= 0.6 is 11.6 Å². The molecule has 1 saturated heterocycles. The Morgan fingerprint density at radius 2 is 1.88 bits per heavy atom. The number of rotatable bonds is 3. The Labute approximate surface area is 143 Å². The van der Waals surface area contributed by atoms with Crippen LogP contribution in [0.5, 0.6) is 0 Å². The maximum atomic E-state index is 12.5. The van der Waals surface area contributed by atoms with E-state index in [2.05, 4.69) is 4.98 Å². The van der Waals surface area contributed by atoms with Crippen LogP contribution in [0, 0.1) is 11.8 Å². The van der Waals surface area contributed by atoms with Gasteiger partial charge in [-0.25, -0.2) is 4.98 Å². The molecule has 0 unspecified atom stereocenters. The van der Waals surface area contributed by atoms with Gasteiger partial charge in [0.15, 0.2) is 5.76 Å². The van der Waals surface area contributed by atoms with Crippen LogP contribution in [0.4, 0.5) is 0 Å². The molecule has 1 aliphatic heterocycles. The van der Waals surface area contributed by atoms with Gasteiger partial charge in [-0.05, 0) is 25.0 Å². The number of allylic oxidation sites excluding steroid dienone is 2. The zero-order chi connectivity index (χ0) is 16.7. The fraction of sp³-hybridized carbons (Fsp3) is 0.278.